The first kappa shape index (κ1) is 18.0. The molecule has 2 heterocycles. The number of likely N-dealkylation sites (tertiary alicyclic amines) is 1. The Kier molecular flexibility index (Phi) is 6.22. The molecule has 5 heteroatoms. The summed E-state index contributed by atoms with van der Waals surface area (Å²) >= 11 is 0. The van der Waals surface area contributed by atoms with E-state index < -0.39 is 0 Å². The third-order valence-corrected chi connectivity index (χ3v) is 4.61. The number of halogens is 1. The zero-order valence-electron chi connectivity index (χ0n) is 14.0. The molecule has 1 fully saturated rings. The maximum Gasteiger partial charge on any atom is 0.0568 e. The van der Waals surface area contributed by atoms with Gasteiger partial charge in [0.1, 0.15) is 0 Å². The molecule has 0 saturated carbocycles. The molecule has 2 aromatic rings. The van der Waals surface area contributed by atoms with Gasteiger partial charge in [0.2, 0.25) is 0 Å². The van der Waals surface area contributed by atoms with Crippen LogP contribution in [0.5, 0.6) is 0 Å². The van der Waals surface area contributed by atoms with Gasteiger partial charge in [-0.25, -0.2) is 0 Å². The Bertz CT molecular complexity index is 638. The predicted molar refractivity (Wildman–Crippen MR) is 97.7 cm³/mol. The molecule has 1 unspecified atom stereocenters. The van der Waals surface area contributed by atoms with Crippen LogP contribution in [0.2, 0.25) is 0 Å². The van der Waals surface area contributed by atoms with E-state index in [-0.39, 0.29) is 12.4 Å². The zero-order valence-corrected chi connectivity index (χ0v) is 14.9. The van der Waals surface area contributed by atoms with E-state index in [0.29, 0.717) is 5.92 Å². The summed E-state index contributed by atoms with van der Waals surface area (Å²) in [6.45, 7) is 6.25. The van der Waals surface area contributed by atoms with Crippen LogP contribution in [0.15, 0.2) is 30.6 Å². The van der Waals surface area contributed by atoms with Gasteiger partial charge >= 0.3 is 0 Å². The Balaban J connectivity index is 0.00000192. The van der Waals surface area contributed by atoms with Crippen molar-refractivity contribution >= 4 is 12.4 Å². The standard InChI is InChI=1S/C18H26N4.ClH/c1-14-5-6-16(13-22-7-3-4-15(9-19)11-22)18(8-14)17-10-20-21(2)12-17;/h5-6,8,10,12,15H,3-4,7,9,11,13,19H2,1-2H3;1H. The molecule has 0 spiro atoms. The van der Waals surface area contributed by atoms with Crippen LogP contribution in [0, 0.1) is 12.8 Å². The predicted octanol–water partition coefficient (Wildman–Crippen LogP) is 2.99. The molecule has 2 N–H and O–H groups in total. The molecule has 1 aliphatic heterocycles. The molecule has 1 saturated heterocycles. The van der Waals surface area contributed by atoms with E-state index in [0.717, 1.165) is 19.6 Å². The highest BCUT2D eigenvalue weighted by Crippen LogP contribution is 2.27. The monoisotopic (exact) mass is 334 g/mol. The Labute approximate surface area is 145 Å². The van der Waals surface area contributed by atoms with Crippen molar-refractivity contribution in [1.29, 1.82) is 0 Å². The van der Waals surface area contributed by atoms with Crippen molar-refractivity contribution in [2.45, 2.75) is 26.3 Å². The fourth-order valence-corrected chi connectivity index (χ4v) is 3.39. The number of hydrogen-bond donors (Lipinski definition) is 1. The van der Waals surface area contributed by atoms with Crippen LogP contribution < -0.4 is 5.73 Å². The largest absolute Gasteiger partial charge is 0.330 e. The Morgan fingerprint density at radius 3 is 2.87 bits per heavy atom. The summed E-state index contributed by atoms with van der Waals surface area (Å²) in [5.74, 6) is 0.654. The first-order valence-corrected chi connectivity index (χ1v) is 8.16. The second-order valence-corrected chi connectivity index (χ2v) is 6.54. The summed E-state index contributed by atoms with van der Waals surface area (Å²) in [7, 11) is 1.97. The van der Waals surface area contributed by atoms with Gasteiger partial charge in [-0.2, -0.15) is 5.10 Å². The number of aromatic nitrogens is 2. The lowest BCUT2D eigenvalue weighted by molar-refractivity contribution is 0.171. The summed E-state index contributed by atoms with van der Waals surface area (Å²) in [6.07, 6.45) is 6.58. The van der Waals surface area contributed by atoms with Crippen molar-refractivity contribution in [2.24, 2.45) is 18.7 Å². The van der Waals surface area contributed by atoms with E-state index in [9.17, 15) is 0 Å². The first-order chi connectivity index (χ1) is 10.7. The molecule has 1 aromatic heterocycles. The molecular formula is C18H27ClN4. The number of piperidine rings is 1. The minimum Gasteiger partial charge on any atom is -0.330 e. The van der Waals surface area contributed by atoms with E-state index in [1.54, 1.807) is 0 Å². The molecule has 126 valence electrons. The van der Waals surface area contributed by atoms with Crippen LogP contribution in [0.25, 0.3) is 11.1 Å². The number of nitrogens with zero attached hydrogens (tertiary/aromatic N) is 3. The highest BCUT2D eigenvalue weighted by Gasteiger charge is 2.20. The van der Waals surface area contributed by atoms with Crippen molar-refractivity contribution in [2.75, 3.05) is 19.6 Å². The second-order valence-electron chi connectivity index (χ2n) is 6.54. The van der Waals surface area contributed by atoms with E-state index >= 15 is 0 Å². The van der Waals surface area contributed by atoms with Gasteiger partial charge in [0.15, 0.2) is 0 Å². The maximum absolute atomic E-state index is 5.86. The van der Waals surface area contributed by atoms with Crippen molar-refractivity contribution in [1.82, 2.24) is 14.7 Å². The molecule has 1 aromatic carbocycles. The zero-order chi connectivity index (χ0) is 15.5. The van der Waals surface area contributed by atoms with Gasteiger partial charge in [0.05, 0.1) is 6.20 Å². The molecule has 0 bridgehead atoms. The quantitative estimate of drug-likeness (QED) is 0.935. The molecule has 0 amide bonds. The van der Waals surface area contributed by atoms with Crippen molar-refractivity contribution in [3.63, 3.8) is 0 Å². The maximum atomic E-state index is 5.86. The Hall–Kier alpha value is -1.36. The molecular weight excluding hydrogens is 308 g/mol. The molecule has 23 heavy (non-hydrogen) atoms. The lowest BCUT2D eigenvalue weighted by Crippen LogP contribution is -2.37. The average Bonchev–Trinajstić information content (AvgIpc) is 2.96. The van der Waals surface area contributed by atoms with Gasteiger partial charge in [0, 0.05) is 31.9 Å². The fourth-order valence-electron chi connectivity index (χ4n) is 3.39. The lowest BCUT2D eigenvalue weighted by Gasteiger charge is -2.32. The van der Waals surface area contributed by atoms with Gasteiger partial charge in [0.25, 0.3) is 0 Å². The van der Waals surface area contributed by atoms with Crippen molar-refractivity contribution in [3.05, 3.63) is 41.7 Å². The highest BCUT2D eigenvalue weighted by atomic mass is 35.5. The number of hydrogen-bond acceptors (Lipinski definition) is 3. The van der Waals surface area contributed by atoms with Crippen LogP contribution in [-0.2, 0) is 13.6 Å². The Morgan fingerprint density at radius 2 is 2.17 bits per heavy atom. The minimum atomic E-state index is 0. The molecule has 0 aliphatic carbocycles. The highest BCUT2D eigenvalue weighted by molar-refractivity contribution is 5.85. The average molecular weight is 335 g/mol. The lowest BCUT2D eigenvalue weighted by atomic mass is 9.95. The number of nitrogens with two attached hydrogens (primary N) is 1. The van der Waals surface area contributed by atoms with Crippen LogP contribution in [0.1, 0.15) is 24.0 Å². The first-order valence-electron chi connectivity index (χ1n) is 8.16. The topological polar surface area (TPSA) is 47.1 Å². The van der Waals surface area contributed by atoms with Crippen molar-refractivity contribution < 1.29 is 0 Å². The van der Waals surface area contributed by atoms with Crippen molar-refractivity contribution in [3.8, 4) is 11.1 Å². The smallest absolute Gasteiger partial charge is 0.0568 e. The van der Waals surface area contributed by atoms with Crippen LogP contribution >= 0.6 is 12.4 Å². The second kappa shape index (κ2) is 7.95. The summed E-state index contributed by atoms with van der Waals surface area (Å²) in [5.41, 5.74) is 11.1. The van der Waals surface area contributed by atoms with Crippen LogP contribution in [-0.4, -0.2) is 34.3 Å². The van der Waals surface area contributed by atoms with Gasteiger partial charge in [-0.3, -0.25) is 9.58 Å². The minimum absolute atomic E-state index is 0. The van der Waals surface area contributed by atoms with Gasteiger partial charge < -0.3 is 5.73 Å². The molecule has 3 rings (SSSR count). The van der Waals surface area contributed by atoms with Gasteiger partial charge in [-0.15, -0.1) is 12.4 Å². The van der Waals surface area contributed by atoms with E-state index in [4.69, 9.17) is 5.73 Å². The summed E-state index contributed by atoms with van der Waals surface area (Å²) < 4.78 is 1.87. The molecule has 0 radical (unpaired) electrons. The third-order valence-electron chi connectivity index (χ3n) is 4.61. The normalized spacial score (nSPS) is 18.7. The van der Waals surface area contributed by atoms with E-state index in [1.165, 1.54) is 41.6 Å². The Morgan fingerprint density at radius 1 is 1.35 bits per heavy atom. The molecule has 4 nitrogen and oxygen atoms in total. The molecule has 1 aliphatic rings. The van der Waals surface area contributed by atoms with E-state index in [2.05, 4.69) is 41.3 Å². The fraction of sp³-hybridized carbons (Fsp3) is 0.500. The van der Waals surface area contributed by atoms with Gasteiger partial charge in [-0.1, -0.05) is 23.8 Å². The summed E-state index contributed by atoms with van der Waals surface area (Å²) in [6, 6.07) is 6.75. The van der Waals surface area contributed by atoms with Crippen LogP contribution in [0.3, 0.4) is 0 Å². The van der Waals surface area contributed by atoms with Crippen LogP contribution in [0.4, 0.5) is 0 Å². The van der Waals surface area contributed by atoms with E-state index in [1.807, 2.05) is 17.9 Å². The number of benzene rings is 1. The number of rotatable bonds is 4. The third kappa shape index (κ3) is 4.34. The SMILES string of the molecule is Cc1ccc(CN2CCCC(CN)C2)c(-c2cnn(C)c2)c1.Cl. The molecule has 1 atom stereocenters. The number of aryl methyl sites for hydroxylation is 2. The summed E-state index contributed by atoms with van der Waals surface area (Å²) in [5, 5.41) is 4.32. The summed E-state index contributed by atoms with van der Waals surface area (Å²) in [4.78, 5) is 2.55. The van der Waals surface area contributed by atoms with Gasteiger partial charge in [-0.05, 0) is 49.9 Å².